The van der Waals surface area contributed by atoms with Gasteiger partial charge in [-0.3, -0.25) is 9.89 Å². The number of benzene rings is 1. The molecule has 6 nitrogen and oxygen atoms in total. The molecular weight excluding hydrogens is 290 g/mol. The number of carboxylic acid groups (broad SMARTS) is 1. The van der Waals surface area contributed by atoms with E-state index in [4.69, 9.17) is 9.52 Å². The predicted octanol–water partition coefficient (Wildman–Crippen LogP) is 3.42. The molecule has 2 N–H and O–H groups in total. The molecule has 2 heterocycles. The van der Waals surface area contributed by atoms with Gasteiger partial charge < -0.3 is 9.52 Å². The van der Waals surface area contributed by atoms with Crippen molar-refractivity contribution in [2.45, 2.75) is 19.0 Å². The molecule has 3 aromatic rings. The topological polar surface area (TPSA) is 92.0 Å². The molecular formula is C14H15N3O3S. The SMILES string of the molecule is CC.O=C(O)CSc1n[nH]c(-c2ccc3occc3c2)n1. The Balaban J connectivity index is 0.000000774. The van der Waals surface area contributed by atoms with Gasteiger partial charge in [0.15, 0.2) is 5.82 Å². The summed E-state index contributed by atoms with van der Waals surface area (Å²) in [5, 5.41) is 16.8. The molecule has 0 saturated carbocycles. The van der Waals surface area contributed by atoms with Gasteiger partial charge in [0.05, 0.1) is 12.0 Å². The van der Waals surface area contributed by atoms with Crippen LogP contribution in [0.15, 0.2) is 40.1 Å². The molecule has 0 spiro atoms. The molecule has 0 aliphatic carbocycles. The Morgan fingerprint density at radius 1 is 1.38 bits per heavy atom. The lowest BCUT2D eigenvalue weighted by Crippen LogP contribution is -1.97. The van der Waals surface area contributed by atoms with Gasteiger partial charge in [-0.05, 0) is 24.3 Å². The Bertz CT molecular complexity index is 736. The number of hydrogen-bond acceptors (Lipinski definition) is 5. The van der Waals surface area contributed by atoms with Crippen LogP contribution in [0, 0.1) is 0 Å². The third kappa shape index (κ3) is 3.63. The molecule has 1 aromatic carbocycles. The second kappa shape index (κ2) is 6.94. The molecule has 3 rings (SSSR count). The van der Waals surface area contributed by atoms with E-state index >= 15 is 0 Å². The highest BCUT2D eigenvalue weighted by atomic mass is 32.2. The zero-order chi connectivity index (χ0) is 15.2. The van der Waals surface area contributed by atoms with Crippen molar-refractivity contribution in [2.24, 2.45) is 0 Å². The van der Waals surface area contributed by atoms with E-state index in [-0.39, 0.29) is 5.75 Å². The molecule has 0 atom stereocenters. The van der Waals surface area contributed by atoms with E-state index in [1.807, 2.05) is 38.1 Å². The van der Waals surface area contributed by atoms with Crippen LogP contribution in [0.1, 0.15) is 13.8 Å². The van der Waals surface area contributed by atoms with Crippen molar-refractivity contribution < 1.29 is 14.3 Å². The molecule has 2 aromatic heterocycles. The minimum Gasteiger partial charge on any atom is -0.481 e. The summed E-state index contributed by atoms with van der Waals surface area (Å²) in [6.07, 6.45) is 1.63. The summed E-state index contributed by atoms with van der Waals surface area (Å²) in [6.45, 7) is 4.00. The van der Waals surface area contributed by atoms with Crippen molar-refractivity contribution in [1.29, 1.82) is 0 Å². The third-order valence-electron chi connectivity index (χ3n) is 2.52. The summed E-state index contributed by atoms with van der Waals surface area (Å²) in [5.41, 5.74) is 1.69. The van der Waals surface area contributed by atoms with Crippen LogP contribution >= 0.6 is 11.8 Å². The van der Waals surface area contributed by atoms with Crippen LogP contribution in [0.5, 0.6) is 0 Å². The summed E-state index contributed by atoms with van der Waals surface area (Å²) >= 11 is 1.08. The molecule has 21 heavy (non-hydrogen) atoms. The number of aromatic nitrogens is 3. The fourth-order valence-corrected chi connectivity index (χ4v) is 2.20. The Hall–Kier alpha value is -2.28. The lowest BCUT2D eigenvalue weighted by Gasteiger charge is -1.95. The van der Waals surface area contributed by atoms with Crippen LogP contribution in [0.25, 0.3) is 22.4 Å². The van der Waals surface area contributed by atoms with Crippen molar-refractivity contribution in [1.82, 2.24) is 15.2 Å². The molecule has 0 aliphatic heterocycles. The Morgan fingerprint density at radius 2 is 2.19 bits per heavy atom. The molecule has 0 amide bonds. The lowest BCUT2D eigenvalue weighted by molar-refractivity contribution is -0.133. The van der Waals surface area contributed by atoms with Gasteiger partial charge in [0.25, 0.3) is 0 Å². The first-order valence-corrected chi connectivity index (χ1v) is 7.45. The zero-order valence-corrected chi connectivity index (χ0v) is 12.5. The Kier molecular flexibility index (Phi) is 4.99. The summed E-state index contributed by atoms with van der Waals surface area (Å²) in [6, 6.07) is 7.54. The van der Waals surface area contributed by atoms with E-state index < -0.39 is 5.97 Å². The highest BCUT2D eigenvalue weighted by Gasteiger charge is 2.09. The number of aromatic amines is 1. The smallest absolute Gasteiger partial charge is 0.313 e. The molecule has 0 fully saturated rings. The van der Waals surface area contributed by atoms with E-state index in [9.17, 15) is 4.79 Å². The molecule has 0 unspecified atom stereocenters. The summed E-state index contributed by atoms with van der Waals surface area (Å²) < 4.78 is 5.26. The largest absolute Gasteiger partial charge is 0.481 e. The summed E-state index contributed by atoms with van der Waals surface area (Å²) in [5.74, 6) is -0.343. The quantitative estimate of drug-likeness (QED) is 0.717. The summed E-state index contributed by atoms with van der Waals surface area (Å²) in [4.78, 5) is 14.7. The van der Waals surface area contributed by atoms with E-state index in [1.54, 1.807) is 6.26 Å². The lowest BCUT2D eigenvalue weighted by atomic mass is 10.1. The maximum Gasteiger partial charge on any atom is 0.313 e. The minimum absolute atomic E-state index is 0.0575. The normalized spacial score (nSPS) is 10.2. The minimum atomic E-state index is -0.892. The molecule has 7 heteroatoms. The number of nitrogens with one attached hydrogen (secondary N) is 1. The first-order chi connectivity index (χ1) is 10.2. The van der Waals surface area contributed by atoms with Gasteiger partial charge in [-0.15, -0.1) is 5.10 Å². The van der Waals surface area contributed by atoms with E-state index in [1.165, 1.54) is 0 Å². The van der Waals surface area contributed by atoms with Gasteiger partial charge in [-0.1, -0.05) is 25.6 Å². The number of thioether (sulfide) groups is 1. The fraction of sp³-hybridized carbons (Fsp3) is 0.214. The van der Waals surface area contributed by atoms with Gasteiger partial charge in [-0.25, -0.2) is 4.98 Å². The molecule has 0 saturated heterocycles. The maximum atomic E-state index is 10.5. The number of H-pyrrole nitrogens is 1. The molecule has 0 radical (unpaired) electrons. The average Bonchev–Trinajstić information content (AvgIpc) is 3.15. The first kappa shape index (κ1) is 15.1. The van der Waals surface area contributed by atoms with Gasteiger partial charge in [0.1, 0.15) is 5.58 Å². The summed E-state index contributed by atoms with van der Waals surface area (Å²) in [7, 11) is 0. The van der Waals surface area contributed by atoms with Crippen molar-refractivity contribution in [3.8, 4) is 11.4 Å². The Morgan fingerprint density at radius 3 is 2.95 bits per heavy atom. The Labute approximate surface area is 125 Å². The number of rotatable bonds is 4. The number of fused-ring (bicyclic) bond motifs is 1. The van der Waals surface area contributed by atoms with Crippen molar-refractivity contribution >= 4 is 28.7 Å². The standard InChI is InChI=1S/C12H9N3O3S.C2H6/c16-10(17)6-19-12-13-11(14-15-12)8-1-2-9-7(5-8)3-4-18-9;1-2/h1-5H,6H2,(H,16,17)(H,13,14,15);1-2H3. The second-order valence-electron chi connectivity index (χ2n) is 3.82. The highest BCUT2D eigenvalue weighted by Crippen LogP contribution is 2.24. The molecule has 110 valence electrons. The fourth-order valence-electron chi connectivity index (χ4n) is 1.68. The highest BCUT2D eigenvalue weighted by molar-refractivity contribution is 7.99. The first-order valence-electron chi connectivity index (χ1n) is 6.47. The number of aliphatic carboxylic acids is 1. The van der Waals surface area contributed by atoms with Gasteiger partial charge in [-0.2, -0.15) is 0 Å². The van der Waals surface area contributed by atoms with Crippen LogP contribution in [0.4, 0.5) is 0 Å². The van der Waals surface area contributed by atoms with Crippen LogP contribution in [-0.4, -0.2) is 32.0 Å². The van der Waals surface area contributed by atoms with E-state index in [2.05, 4.69) is 15.2 Å². The number of hydrogen-bond donors (Lipinski definition) is 2. The third-order valence-corrected chi connectivity index (χ3v) is 3.35. The number of nitrogens with zero attached hydrogens (tertiary/aromatic N) is 2. The van der Waals surface area contributed by atoms with E-state index in [0.29, 0.717) is 11.0 Å². The number of carboxylic acids is 1. The monoisotopic (exact) mass is 305 g/mol. The second-order valence-corrected chi connectivity index (χ2v) is 4.76. The molecule has 0 bridgehead atoms. The van der Waals surface area contributed by atoms with Crippen LogP contribution in [0.2, 0.25) is 0 Å². The van der Waals surface area contributed by atoms with E-state index in [0.717, 1.165) is 28.3 Å². The van der Waals surface area contributed by atoms with Gasteiger partial charge in [0.2, 0.25) is 5.16 Å². The van der Waals surface area contributed by atoms with Gasteiger partial charge >= 0.3 is 5.97 Å². The van der Waals surface area contributed by atoms with Gasteiger partial charge in [0, 0.05) is 10.9 Å². The van der Waals surface area contributed by atoms with Crippen LogP contribution in [-0.2, 0) is 4.79 Å². The van der Waals surface area contributed by atoms with Crippen LogP contribution < -0.4 is 0 Å². The zero-order valence-electron chi connectivity index (χ0n) is 11.7. The van der Waals surface area contributed by atoms with Crippen molar-refractivity contribution in [2.75, 3.05) is 5.75 Å². The van der Waals surface area contributed by atoms with Crippen molar-refractivity contribution in [3.63, 3.8) is 0 Å². The predicted molar refractivity (Wildman–Crippen MR) is 81.3 cm³/mol. The molecule has 0 aliphatic rings. The number of carbonyl (C=O) groups is 1. The van der Waals surface area contributed by atoms with Crippen molar-refractivity contribution in [3.05, 3.63) is 30.5 Å². The maximum absolute atomic E-state index is 10.5. The average molecular weight is 305 g/mol. The van der Waals surface area contributed by atoms with Crippen LogP contribution in [0.3, 0.4) is 0 Å². The number of furan rings is 1.